The average molecular weight is 389 g/mol. The molecule has 0 saturated carbocycles. The highest BCUT2D eigenvalue weighted by atomic mass is 35.5. The van der Waals surface area contributed by atoms with E-state index in [1.54, 1.807) is 0 Å². The maximum Gasteiger partial charge on any atom is 0.220 e. The minimum absolute atomic E-state index is 0.125. The van der Waals surface area contributed by atoms with E-state index in [1.807, 2.05) is 24.3 Å². The van der Waals surface area contributed by atoms with Crippen molar-refractivity contribution < 1.29 is 9.21 Å². The van der Waals surface area contributed by atoms with E-state index in [0.717, 1.165) is 62.4 Å². The summed E-state index contributed by atoms with van der Waals surface area (Å²) in [7, 11) is 0. The second-order valence-electron chi connectivity index (χ2n) is 7.39. The number of hydrogen-bond acceptors (Lipinski definition) is 3. The Bertz CT molecular complexity index is 735. The Balaban J connectivity index is 1.32. The van der Waals surface area contributed by atoms with Gasteiger partial charge >= 0.3 is 0 Å². The Morgan fingerprint density at radius 1 is 1.22 bits per heavy atom. The molecule has 146 valence electrons. The predicted molar refractivity (Wildman–Crippen MR) is 109 cm³/mol. The lowest BCUT2D eigenvalue weighted by Gasteiger charge is -2.31. The highest BCUT2D eigenvalue weighted by Crippen LogP contribution is 2.23. The van der Waals surface area contributed by atoms with E-state index in [2.05, 4.69) is 29.3 Å². The quantitative estimate of drug-likeness (QED) is 0.706. The van der Waals surface area contributed by atoms with E-state index in [9.17, 15) is 4.79 Å². The lowest BCUT2D eigenvalue weighted by Crippen LogP contribution is -2.33. The van der Waals surface area contributed by atoms with Crippen molar-refractivity contribution in [2.24, 2.45) is 5.92 Å². The van der Waals surface area contributed by atoms with Crippen LogP contribution in [0.1, 0.15) is 49.7 Å². The third-order valence-corrected chi connectivity index (χ3v) is 5.55. The summed E-state index contributed by atoms with van der Waals surface area (Å²) >= 11 is 5.97. The van der Waals surface area contributed by atoms with Crippen molar-refractivity contribution >= 4 is 17.5 Å². The number of furan rings is 1. The van der Waals surface area contributed by atoms with E-state index < -0.39 is 0 Å². The molecule has 1 amide bonds. The molecule has 1 saturated heterocycles. The van der Waals surface area contributed by atoms with Gasteiger partial charge in [-0.05, 0) is 68.1 Å². The first-order valence-electron chi connectivity index (χ1n) is 9.93. The van der Waals surface area contributed by atoms with E-state index in [0.29, 0.717) is 23.9 Å². The van der Waals surface area contributed by atoms with Crippen molar-refractivity contribution in [2.45, 2.75) is 52.1 Å². The Morgan fingerprint density at radius 3 is 2.70 bits per heavy atom. The minimum Gasteiger partial charge on any atom is -0.465 e. The van der Waals surface area contributed by atoms with Gasteiger partial charge in [-0.15, -0.1) is 0 Å². The zero-order valence-electron chi connectivity index (χ0n) is 16.0. The van der Waals surface area contributed by atoms with Gasteiger partial charge in [0.2, 0.25) is 5.91 Å². The van der Waals surface area contributed by atoms with Gasteiger partial charge in [0, 0.05) is 24.4 Å². The summed E-state index contributed by atoms with van der Waals surface area (Å²) < 4.78 is 5.81. The van der Waals surface area contributed by atoms with Gasteiger partial charge in [0.1, 0.15) is 11.5 Å². The van der Waals surface area contributed by atoms with Crippen LogP contribution in [0.2, 0.25) is 5.02 Å². The maximum atomic E-state index is 12.1. The Kier molecular flexibility index (Phi) is 7.36. The zero-order valence-corrected chi connectivity index (χ0v) is 16.8. The van der Waals surface area contributed by atoms with Gasteiger partial charge in [0.15, 0.2) is 0 Å². The number of amides is 1. The molecular weight excluding hydrogens is 360 g/mol. The van der Waals surface area contributed by atoms with Crippen LogP contribution in [0.25, 0.3) is 0 Å². The fraction of sp³-hybridized carbons (Fsp3) is 0.500. The van der Waals surface area contributed by atoms with Crippen LogP contribution in [-0.4, -0.2) is 23.9 Å². The fourth-order valence-electron chi connectivity index (χ4n) is 3.62. The number of piperidine rings is 1. The zero-order chi connectivity index (χ0) is 19.1. The van der Waals surface area contributed by atoms with Crippen LogP contribution in [0.15, 0.2) is 40.8 Å². The summed E-state index contributed by atoms with van der Waals surface area (Å²) in [6.45, 7) is 5.71. The van der Waals surface area contributed by atoms with E-state index in [-0.39, 0.29) is 5.91 Å². The van der Waals surface area contributed by atoms with Gasteiger partial charge in [-0.3, -0.25) is 9.69 Å². The Morgan fingerprint density at radius 2 is 2.00 bits per heavy atom. The SMILES string of the molecule is CCc1ccc(CN2CCC(CCC(=O)NCc3cccc(Cl)c3)CC2)o1. The van der Waals surface area contributed by atoms with E-state index in [4.69, 9.17) is 16.0 Å². The number of nitrogens with zero attached hydrogens (tertiary/aromatic N) is 1. The van der Waals surface area contributed by atoms with Crippen molar-refractivity contribution in [3.8, 4) is 0 Å². The predicted octanol–water partition coefficient (Wildman–Crippen LogP) is 4.80. The van der Waals surface area contributed by atoms with Gasteiger partial charge in [0.25, 0.3) is 0 Å². The van der Waals surface area contributed by atoms with Crippen LogP contribution in [0, 0.1) is 5.92 Å². The Labute approximate surface area is 166 Å². The van der Waals surface area contributed by atoms with Crippen molar-refractivity contribution in [1.82, 2.24) is 10.2 Å². The van der Waals surface area contributed by atoms with Crippen LogP contribution in [0.3, 0.4) is 0 Å². The summed E-state index contributed by atoms with van der Waals surface area (Å²) in [5, 5.41) is 3.70. The minimum atomic E-state index is 0.125. The van der Waals surface area contributed by atoms with Crippen LogP contribution in [0.5, 0.6) is 0 Å². The standard InChI is InChI=1S/C22H29ClN2O2/c1-2-20-7-8-21(27-20)16-25-12-10-17(11-13-25)6-9-22(26)24-15-18-4-3-5-19(23)14-18/h3-5,7-8,14,17H,2,6,9-13,15-16H2,1H3,(H,24,26). The van der Waals surface area contributed by atoms with Crippen molar-refractivity contribution in [1.29, 1.82) is 0 Å². The number of benzene rings is 1. The molecule has 0 radical (unpaired) electrons. The van der Waals surface area contributed by atoms with Gasteiger partial charge in [-0.2, -0.15) is 0 Å². The summed E-state index contributed by atoms with van der Waals surface area (Å²) in [5.41, 5.74) is 1.04. The third kappa shape index (κ3) is 6.40. The summed E-state index contributed by atoms with van der Waals surface area (Å²) in [4.78, 5) is 14.6. The number of halogens is 1. The second kappa shape index (κ2) is 9.95. The lowest BCUT2D eigenvalue weighted by atomic mass is 9.92. The normalized spacial score (nSPS) is 15.8. The second-order valence-corrected chi connectivity index (χ2v) is 7.82. The third-order valence-electron chi connectivity index (χ3n) is 5.31. The first kappa shape index (κ1) is 20.0. The summed E-state index contributed by atoms with van der Waals surface area (Å²) in [6.07, 6.45) is 4.83. The molecule has 1 fully saturated rings. The molecule has 1 aromatic carbocycles. The molecule has 1 N–H and O–H groups in total. The number of carbonyl (C=O) groups excluding carboxylic acids is 1. The molecule has 5 heteroatoms. The molecule has 0 atom stereocenters. The van der Waals surface area contributed by atoms with Crippen LogP contribution in [0.4, 0.5) is 0 Å². The Hall–Kier alpha value is -1.78. The molecule has 0 spiro atoms. The molecule has 27 heavy (non-hydrogen) atoms. The van der Waals surface area contributed by atoms with Crippen LogP contribution < -0.4 is 5.32 Å². The summed E-state index contributed by atoms with van der Waals surface area (Å²) in [6, 6.07) is 11.8. The molecule has 0 unspecified atom stereocenters. The largest absolute Gasteiger partial charge is 0.465 e. The number of aryl methyl sites for hydroxylation is 1. The van der Waals surface area contributed by atoms with E-state index in [1.165, 1.54) is 0 Å². The molecule has 1 aliphatic rings. The molecule has 3 rings (SSSR count). The molecule has 0 bridgehead atoms. The van der Waals surface area contributed by atoms with Gasteiger partial charge in [0.05, 0.1) is 6.54 Å². The van der Waals surface area contributed by atoms with Gasteiger partial charge in [-0.25, -0.2) is 0 Å². The van der Waals surface area contributed by atoms with E-state index >= 15 is 0 Å². The highest BCUT2D eigenvalue weighted by molar-refractivity contribution is 6.30. The van der Waals surface area contributed by atoms with Crippen molar-refractivity contribution in [3.05, 3.63) is 58.5 Å². The lowest BCUT2D eigenvalue weighted by molar-refractivity contribution is -0.121. The van der Waals surface area contributed by atoms with Gasteiger partial charge < -0.3 is 9.73 Å². The topological polar surface area (TPSA) is 45.5 Å². The molecular formula is C22H29ClN2O2. The first-order chi connectivity index (χ1) is 13.1. The molecule has 2 heterocycles. The maximum absolute atomic E-state index is 12.1. The number of carbonyl (C=O) groups is 1. The number of nitrogens with one attached hydrogen (secondary N) is 1. The van der Waals surface area contributed by atoms with Crippen LogP contribution >= 0.6 is 11.6 Å². The number of likely N-dealkylation sites (tertiary alicyclic amines) is 1. The summed E-state index contributed by atoms with van der Waals surface area (Å²) in [5.74, 6) is 2.88. The molecule has 4 nitrogen and oxygen atoms in total. The smallest absolute Gasteiger partial charge is 0.220 e. The molecule has 1 aromatic heterocycles. The van der Waals surface area contributed by atoms with Gasteiger partial charge in [-0.1, -0.05) is 30.7 Å². The average Bonchev–Trinajstić information content (AvgIpc) is 3.13. The number of hydrogen-bond donors (Lipinski definition) is 1. The van der Waals surface area contributed by atoms with Crippen molar-refractivity contribution in [3.63, 3.8) is 0 Å². The molecule has 1 aliphatic heterocycles. The molecule has 0 aliphatic carbocycles. The monoisotopic (exact) mass is 388 g/mol. The van der Waals surface area contributed by atoms with Crippen molar-refractivity contribution in [2.75, 3.05) is 13.1 Å². The number of rotatable bonds is 8. The molecule has 2 aromatic rings. The van der Waals surface area contributed by atoms with Crippen LogP contribution in [-0.2, 0) is 24.3 Å². The first-order valence-corrected chi connectivity index (χ1v) is 10.3. The fourth-order valence-corrected chi connectivity index (χ4v) is 3.83. The highest BCUT2D eigenvalue weighted by Gasteiger charge is 2.20.